The van der Waals surface area contributed by atoms with Gasteiger partial charge in [0.15, 0.2) is 0 Å². The summed E-state index contributed by atoms with van der Waals surface area (Å²) in [4.78, 5) is 38.4. The lowest BCUT2D eigenvalue weighted by Crippen LogP contribution is -2.50. The highest BCUT2D eigenvalue weighted by atomic mass is 35.5. The molecule has 0 radical (unpaired) electrons. The summed E-state index contributed by atoms with van der Waals surface area (Å²) in [6.45, 7) is 1.29. The Morgan fingerprint density at radius 1 is 0.824 bits per heavy atom. The van der Waals surface area contributed by atoms with Gasteiger partial charge in [-0.1, -0.05) is 29.8 Å². The van der Waals surface area contributed by atoms with Crippen LogP contribution in [0.25, 0.3) is 22.2 Å². The standard InChI is InChI=1S/C26H20ClFN4O2/c27-18-5-6-22(28)21(15-18)26(34)32-13-11-31(12-14-32)25(33)20-16-24(17-7-9-29-10-8-17)30-23-4-2-1-3-19(20)23/h1-10,15-16H,11-14H2. The molecule has 8 heteroatoms. The lowest BCUT2D eigenvalue weighted by atomic mass is 10.0. The Morgan fingerprint density at radius 3 is 2.18 bits per heavy atom. The number of pyridine rings is 2. The predicted molar refractivity (Wildman–Crippen MR) is 128 cm³/mol. The van der Waals surface area contributed by atoms with E-state index in [-0.39, 0.29) is 11.5 Å². The molecule has 2 aromatic carbocycles. The average molecular weight is 475 g/mol. The third-order valence-electron chi connectivity index (χ3n) is 5.94. The Labute approximate surface area is 200 Å². The van der Waals surface area contributed by atoms with Gasteiger partial charge in [-0.05, 0) is 42.5 Å². The Kier molecular flexibility index (Phi) is 5.94. The van der Waals surface area contributed by atoms with Crippen LogP contribution in [-0.4, -0.2) is 57.8 Å². The summed E-state index contributed by atoms with van der Waals surface area (Å²) in [6.07, 6.45) is 3.37. The maximum Gasteiger partial charge on any atom is 0.257 e. The number of rotatable bonds is 3. The first-order chi connectivity index (χ1) is 16.5. The summed E-state index contributed by atoms with van der Waals surface area (Å²) in [6, 6.07) is 17.0. The van der Waals surface area contributed by atoms with Crippen molar-refractivity contribution < 1.29 is 14.0 Å². The van der Waals surface area contributed by atoms with Crippen molar-refractivity contribution in [2.75, 3.05) is 26.2 Å². The molecule has 2 aromatic heterocycles. The quantitative estimate of drug-likeness (QED) is 0.432. The fourth-order valence-corrected chi connectivity index (χ4v) is 4.31. The number of carbonyl (C=O) groups is 2. The third kappa shape index (κ3) is 4.22. The molecular weight excluding hydrogens is 455 g/mol. The Morgan fingerprint density at radius 2 is 1.47 bits per heavy atom. The number of halogens is 2. The lowest BCUT2D eigenvalue weighted by molar-refractivity contribution is 0.0534. The number of hydrogen-bond acceptors (Lipinski definition) is 4. The Balaban J connectivity index is 1.39. The van der Waals surface area contributed by atoms with Gasteiger partial charge < -0.3 is 9.80 Å². The number of benzene rings is 2. The third-order valence-corrected chi connectivity index (χ3v) is 6.17. The first kappa shape index (κ1) is 22.0. The molecule has 0 N–H and O–H groups in total. The molecule has 2 amide bonds. The summed E-state index contributed by atoms with van der Waals surface area (Å²) in [5.41, 5.74) is 2.78. The first-order valence-corrected chi connectivity index (χ1v) is 11.2. The van der Waals surface area contributed by atoms with Crippen molar-refractivity contribution >= 4 is 34.3 Å². The minimum Gasteiger partial charge on any atom is -0.335 e. The molecule has 1 aliphatic rings. The molecule has 1 saturated heterocycles. The zero-order valence-corrected chi connectivity index (χ0v) is 18.9. The number of aromatic nitrogens is 2. The summed E-state index contributed by atoms with van der Waals surface area (Å²) in [5.74, 6) is -1.17. The van der Waals surface area contributed by atoms with E-state index in [1.807, 2.05) is 36.4 Å². The van der Waals surface area contributed by atoms with E-state index in [0.717, 1.165) is 16.5 Å². The van der Waals surface area contributed by atoms with Gasteiger partial charge in [-0.25, -0.2) is 9.37 Å². The van der Waals surface area contributed by atoms with Gasteiger partial charge in [0.05, 0.1) is 22.3 Å². The summed E-state index contributed by atoms with van der Waals surface area (Å²) in [7, 11) is 0. The van der Waals surface area contributed by atoms with E-state index in [9.17, 15) is 14.0 Å². The van der Waals surface area contributed by atoms with Crippen LogP contribution in [0.1, 0.15) is 20.7 Å². The molecule has 0 atom stereocenters. The summed E-state index contributed by atoms with van der Waals surface area (Å²) >= 11 is 5.94. The van der Waals surface area contributed by atoms with Gasteiger partial charge >= 0.3 is 0 Å². The number of hydrogen-bond donors (Lipinski definition) is 0. The van der Waals surface area contributed by atoms with Crippen molar-refractivity contribution in [2.24, 2.45) is 0 Å². The molecule has 3 heterocycles. The monoisotopic (exact) mass is 474 g/mol. The minimum atomic E-state index is -0.611. The van der Waals surface area contributed by atoms with E-state index in [2.05, 4.69) is 4.98 Å². The van der Waals surface area contributed by atoms with Crippen LogP contribution < -0.4 is 0 Å². The number of fused-ring (bicyclic) bond motifs is 1. The van der Waals surface area contributed by atoms with Crippen LogP contribution in [0.2, 0.25) is 5.02 Å². The highest BCUT2D eigenvalue weighted by molar-refractivity contribution is 6.31. The smallest absolute Gasteiger partial charge is 0.257 e. The minimum absolute atomic E-state index is 0.0607. The topological polar surface area (TPSA) is 66.4 Å². The Bertz CT molecular complexity index is 1390. The van der Waals surface area contributed by atoms with Gasteiger partial charge in [0.1, 0.15) is 5.82 Å². The molecule has 1 fully saturated rings. The SMILES string of the molecule is O=C(c1cc(Cl)ccc1F)N1CCN(C(=O)c2cc(-c3ccncc3)nc3ccccc23)CC1. The van der Waals surface area contributed by atoms with E-state index in [1.165, 1.54) is 18.2 Å². The van der Waals surface area contributed by atoms with Crippen LogP contribution in [0.5, 0.6) is 0 Å². The van der Waals surface area contributed by atoms with Crippen molar-refractivity contribution in [1.82, 2.24) is 19.8 Å². The zero-order chi connectivity index (χ0) is 23.7. The molecule has 5 rings (SSSR count). The van der Waals surface area contributed by atoms with Crippen molar-refractivity contribution in [3.8, 4) is 11.3 Å². The molecule has 1 aliphatic heterocycles. The number of amides is 2. The van der Waals surface area contributed by atoms with Crippen LogP contribution in [0.3, 0.4) is 0 Å². The normalized spacial score (nSPS) is 13.8. The van der Waals surface area contributed by atoms with Gasteiger partial charge in [0.25, 0.3) is 11.8 Å². The zero-order valence-electron chi connectivity index (χ0n) is 18.1. The van der Waals surface area contributed by atoms with Crippen LogP contribution in [0, 0.1) is 5.82 Å². The molecule has 0 spiro atoms. The van der Waals surface area contributed by atoms with E-state index in [4.69, 9.17) is 16.6 Å². The molecule has 0 aliphatic carbocycles. The van der Waals surface area contributed by atoms with Gasteiger partial charge in [0.2, 0.25) is 0 Å². The van der Waals surface area contributed by atoms with E-state index >= 15 is 0 Å². The van der Waals surface area contributed by atoms with E-state index < -0.39 is 11.7 Å². The Hall–Kier alpha value is -3.84. The van der Waals surface area contributed by atoms with Crippen LogP contribution in [0.4, 0.5) is 4.39 Å². The molecular formula is C26H20ClFN4O2. The fraction of sp³-hybridized carbons (Fsp3) is 0.154. The van der Waals surface area contributed by atoms with Gasteiger partial charge in [0, 0.05) is 54.5 Å². The number of para-hydroxylation sites is 1. The first-order valence-electron chi connectivity index (χ1n) is 10.8. The predicted octanol–water partition coefficient (Wildman–Crippen LogP) is 4.69. The largest absolute Gasteiger partial charge is 0.335 e. The second kappa shape index (κ2) is 9.19. The molecule has 170 valence electrons. The summed E-state index contributed by atoms with van der Waals surface area (Å²) in [5, 5.41) is 1.07. The van der Waals surface area contributed by atoms with Crippen LogP contribution in [0.15, 0.2) is 73.1 Å². The van der Waals surface area contributed by atoms with E-state index in [0.29, 0.717) is 42.5 Å². The molecule has 34 heavy (non-hydrogen) atoms. The second-order valence-corrected chi connectivity index (χ2v) is 8.45. The van der Waals surface area contributed by atoms with Gasteiger partial charge in [-0.2, -0.15) is 0 Å². The van der Waals surface area contributed by atoms with Gasteiger partial charge in [-0.15, -0.1) is 0 Å². The molecule has 4 aromatic rings. The number of nitrogens with zero attached hydrogens (tertiary/aromatic N) is 4. The van der Waals surface area contributed by atoms with Crippen molar-refractivity contribution in [3.63, 3.8) is 0 Å². The van der Waals surface area contributed by atoms with E-state index in [1.54, 1.807) is 28.3 Å². The number of piperazine rings is 1. The number of carbonyl (C=O) groups excluding carboxylic acids is 2. The lowest BCUT2D eigenvalue weighted by Gasteiger charge is -2.35. The molecule has 6 nitrogen and oxygen atoms in total. The average Bonchev–Trinajstić information content (AvgIpc) is 2.89. The molecule has 0 saturated carbocycles. The second-order valence-electron chi connectivity index (χ2n) is 8.02. The highest BCUT2D eigenvalue weighted by Crippen LogP contribution is 2.26. The fourth-order valence-electron chi connectivity index (χ4n) is 4.14. The van der Waals surface area contributed by atoms with Crippen molar-refractivity contribution in [3.05, 3.63) is 95.0 Å². The summed E-state index contributed by atoms with van der Waals surface area (Å²) < 4.78 is 14.1. The highest BCUT2D eigenvalue weighted by Gasteiger charge is 2.28. The van der Waals surface area contributed by atoms with Crippen LogP contribution >= 0.6 is 11.6 Å². The molecule has 0 unspecified atom stereocenters. The van der Waals surface area contributed by atoms with Gasteiger partial charge in [-0.3, -0.25) is 14.6 Å². The van der Waals surface area contributed by atoms with Crippen LogP contribution in [-0.2, 0) is 0 Å². The van der Waals surface area contributed by atoms with Crippen molar-refractivity contribution in [2.45, 2.75) is 0 Å². The van der Waals surface area contributed by atoms with Crippen molar-refractivity contribution in [1.29, 1.82) is 0 Å². The maximum atomic E-state index is 14.1. The molecule has 0 bridgehead atoms. The maximum absolute atomic E-state index is 14.1.